The number of nitrogens with zero attached hydrogens (tertiary/aromatic N) is 2. The lowest BCUT2D eigenvalue weighted by atomic mass is 10.1. The second-order valence-corrected chi connectivity index (χ2v) is 9.05. The number of amides is 1. The minimum atomic E-state index is -3.87. The molecule has 1 fully saturated rings. The fourth-order valence-corrected chi connectivity index (χ4v) is 4.61. The number of para-hydroxylation sites is 1. The van der Waals surface area contributed by atoms with Crippen LogP contribution in [0.15, 0.2) is 77.7 Å². The quantitative estimate of drug-likeness (QED) is 0.634. The van der Waals surface area contributed by atoms with Gasteiger partial charge in [0.05, 0.1) is 10.6 Å². The summed E-state index contributed by atoms with van der Waals surface area (Å²) in [4.78, 5) is 16.4. The van der Waals surface area contributed by atoms with E-state index in [4.69, 9.17) is 0 Å². The highest BCUT2D eigenvalue weighted by Crippen LogP contribution is 2.22. The third-order valence-electron chi connectivity index (χ3n) is 5.27. The van der Waals surface area contributed by atoms with Crippen molar-refractivity contribution in [3.05, 3.63) is 90.0 Å². The third-order valence-corrected chi connectivity index (χ3v) is 6.67. The molecule has 0 bridgehead atoms. The molecule has 1 saturated heterocycles. The first kappa shape index (κ1) is 21.8. The molecule has 1 N–H and O–H groups in total. The molecule has 0 radical (unpaired) electrons. The SMILES string of the molecule is O=C(c1ccc(NS(=O)(=O)c2ccc(F)cc2)cc1)N1CCN(c2ccccc2F)CC1. The summed E-state index contributed by atoms with van der Waals surface area (Å²) >= 11 is 0. The minimum Gasteiger partial charge on any atom is -0.366 e. The number of carbonyl (C=O) groups excluding carboxylic acids is 1. The van der Waals surface area contributed by atoms with Crippen LogP contribution in [0.4, 0.5) is 20.2 Å². The number of nitrogens with one attached hydrogen (secondary N) is 1. The summed E-state index contributed by atoms with van der Waals surface area (Å²) in [6, 6.07) is 17.2. The van der Waals surface area contributed by atoms with Crippen LogP contribution in [0.1, 0.15) is 10.4 Å². The zero-order valence-corrected chi connectivity index (χ0v) is 17.9. The lowest BCUT2D eigenvalue weighted by Crippen LogP contribution is -2.49. The molecule has 0 unspecified atom stereocenters. The monoisotopic (exact) mass is 457 g/mol. The molecular weight excluding hydrogens is 436 g/mol. The molecule has 0 atom stereocenters. The van der Waals surface area contributed by atoms with Crippen LogP contribution in [0.5, 0.6) is 0 Å². The van der Waals surface area contributed by atoms with E-state index in [1.807, 2.05) is 4.90 Å². The Bertz CT molecular complexity index is 1210. The largest absolute Gasteiger partial charge is 0.366 e. The van der Waals surface area contributed by atoms with Gasteiger partial charge in [-0.2, -0.15) is 0 Å². The van der Waals surface area contributed by atoms with Gasteiger partial charge in [0.25, 0.3) is 15.9 Å². The van der Waals surface area contributed by atoms with Gasteiger partial charge in [0.15, 0.2) is 0 Å². The highest BCUT2D eigenvalue weighted by atomic mass is 32.2. The molecule has 6 nitrogen and oxygen atoms in total. The molecule has 166 valence electrons. The molecule has 0 spiro atoms. The summed E-state index contributed by atoms with van der Waals surface area (Å²) < 4.78 is 54.3. The Morgan fingerprint density at radius 3 is 2.06 bits per heavy atom. The first-order valence-electron chi connectivity index (χ1n) is 10.0. The van der Waals surface area contributed by atoms with Gasteiger partial charge in [0.1, 0.15) is 11.6 Å². The summed E-state index contributed by atoms with van der Waals surface area (Å²) in [6.45, 7) is 1.93. The Balaban J connectivity index is 1.38. The van der Waals surface area contributed by atoms with E-state index in [1.54, 1.807) is 35.2 Å². The Kier molecular flexibility index (Phi) is 6.09. The van der Waals surface area contributed by atoms with Crippen LogP contribution in [-0.2, 0) is 10.0 Å². The molecule has 4 rings (SSSR count). The summed E-state index contributed by atoms with van der Waals surface area (Å²) in [5.74, 6) is -0.987. The van der Waals surface area contributed by atoms with Gasteiger partial charge in [-0.15, -0.1) is 0 Å². The fourth-order valence-electron chi connectivity index (χ4n) is 3.55. The van der Waals surface area contributed by atoms with Crippen LogP contribution in [-0.4, -0.2) is 45.4 Å². The van der Waals surface area contributed by atoms with Crippen molar-refractivity contribution in [2.24, 2.45) is 0 Å². The van der Waals surface area contributed by atoms with Gasteiger partial charge < -0.3 is 9.80 Å². The maximum Gasteiger partial charge on any atom is 0.261 e. The van der Waals surface area contributed by atoms with Crippen LogP contribution in [0.3, 0.4) is 0 Å². The van der Waals surface area contributed by atoms with E-state index >= 15 is 0 Å². The molecule has 1 heterocycles. The predicted molar refractivity (Wildman–Crippen MR) is 118 cm³/mol. The van der Waals surface area contributed by atoms with Gasteiger partial charge in [-0.1, -0.05) is 12.1 Å². The molecule has 0 aliphatic carbocycles. The van der Waals surface area contributed by atoms with Crippen molar-refractivity contribution in [2.75, 3.05) is 35.8 Å². The Labute approximate surface area is 185 Å². The zero-order valence-electron chi connectivity index (χ0n) is 17.0. The predicted octanol–water partition coefficient (Wildman–Crippen LogP) is 3.73. The fraction of sp³-hybridized carbons (Fsp3) is 0.174. The number of hydrogen-bond donors (Lipinski definition) is 1. The maximum atomic E-state index is 14.0. The molecule has 3 aromatic carbocycles. The third kappa shape index (κ3) is 4.72. The minimum absolute atomic E-state index is 0.0632. The summed E-state index contributed by atoms with van der Waals surface area (Å²) in [5, 5.41) is 0. The molecule has 32 heavy (non-hydrogen) atoms. The van der Waals surface area contributed by atoms with E-state index < -0.39 is 15.8 Å². The average molecular weight is 458 g/mol. The molecule has 0 saturated carbocycles. The Hall–Kier alpha value is -3.46. The van der Waals surface area contributed by atoms with Gasteiger partial charge in [0.2, 0.25) is 0 Å². The van der Waals surface area contributed by atoms with Crippen molar-refractivity contribution < 1.29 is 22.0 Å². The van der Waals surface area contributed by atoms with Crippen molar-refractivity contribution in [2.45, 2.75) is 4.90 Å². The number of sulfonamides is 1. The van der Waals surface area contributed by atoms with Crippen LogP contribution in [0.25, 0.3) is 0 Å². The van der Waals surface area contributed by atoms with Crippen LogP contribution in [0.2, 0.25) is 0 Å². The second-order valence-electron chi connectivity index (χ2n) is 7.37. The molecule has 9 heteroatoms. The maximum absolute atomic E-state index is 14.0. The highest BCUT2D eigenvalue weighted by Gasteiger charge is 2.23. The molecule has 3 aromatic rings. The first-order valence-corrected chi connectivity index (χ1v) is 11.5. The average Bonchev–Trinajstić information content (AvgIpc) is 2.80. The van der Waals surface area contributed by atoms with Gasteiger partial charge in [-0.05, 0) is 60.7 Å². The number of hydrogen-bond acceptors (Lipinski definition) is 4. The standard InChI is InChI=1S/C23H21F2N3O3S/c24-18-7-11-20(12-8-18)32(30,31)26-19-9-5-17(6-10-19)23(29)28-15-13-27(14-16-28)22-4-2-1-3-21(22)25/h1-12,26H,13-16H2. The van der Waals surface area contributed by atoms with Gasteiger partial charge in [-0.3, -0.25) is 9.52 Å². The van der Waals surface area contributed by atoms with E-state index in [9.17, 15) is 22.0 Å². The van der Waals surface area contributed by atoms with Crippen molar-refractivity contribution in [3.8, 4) is 0 Å². The lowest BCUT2D eigenvalue weighted by Gasteiger charge is -2.36. The van der Waals surface area contributed by atoms with Crippen molar-refractivity contribution >= 4 is 27.3 Å². The van der Waals surface area contributed by atoms with E-state index in [0.717, 1.165) is 12.1 Å². The normalized spacial score (nSPS) is 14.3. The van der Waals surface area contributed by atoms with Crippen molar-refractivity contribution in [1.29, 1.82) is 0 Å². The number of rotatable bonds is 5. The van der Waals surface area contributed by atoms with E-state index in [0.29, 0.717) is 37.4 Å². The molecule has 1 amide bonds. The molecule has 1 aliphatic rings. The Morgan fingerprint density at radius 2 is 1.44 bits per heavy atom. The van der Waals surface area contributed by atoms with Crippen molar-refractivity contribution in [3.63, 3.8) is 0 Å². The van der Waals surface area contributed by atoms with Gasteiger partial charge in [-0.25, -0.2) is 17.2 Å². The van der Waals surface area contributed by atoms with E-state index in [2.05, 4.69) is 4.72 Å². The lowest BCUT2D eigenvalue weighted by molar-refractivity contribution is 0.0746. The van der Waals surface area contributed by atoms with Crippen LogP contribution < -0.4 is 9.62 Å². The van der Waals surface area contributed by atoms with E-state index in [-0.39, 0.29) is 22.3 Å². The van der Waals surface area contributed by atoms with Crippen LogP contribution >= 0.6 is 0 Å². The summed E-state index contributed by atoms with van der Waals surface area (Å²) in [6.07, 6.45) is 0. The Morgan fingerprint density at radius 1 is 0.812 bits per heavy atom. The second kappa shape index (κ2) is 8.96. The topological polar surface area (TPSA) is 69.7 Å². The van der Waals surface area contributed by atoms with Crippen molar-refractivity contribution in [1.82, 2.24) is 4.90 Å². The van der Waals surface area contributed by atoms with E-state index in [1.165, 1.54) is 30.3 Å². The number of carbonyl (C=O) groups is 1. The number of benzene rings is 3. The molecule has 1 aliphatic heterocycles. The van der Waals surface area contributed by atoms with Gasteiger partial charge in [0, 0.05) is 37.4 Å². The summed E-state index contributed by atoms with van der Waals surface area (Å²) in [7, 11) is -3.87. The highest BCUT2D eigenvalue weighted by molar-refractivity contribution is 7.92. The first-order chi connectivity index (χ1) is 15.3. The number of halogens is 2. The number of anilines is 2. The summed E-state index contributed by atoms with van der Waals surface area (Å²) in [5.41, 5.74) is 1.24. The zero-order chi connectivity index (χ0) is 22.7. The molecular formula is C23H21F2N3O3S. The smallest absolute Gasteiger partial charge is 0.261 e. The molecule has 0 aromatic heterocycles. The van der Waals surface area contributed by atoms with Crippen LogP contribution in [0, 0.1) is 11.6 Å². The van der Waals surface area contributed by atoms with Gasteiger partial charge >= 0.3 is 0 Å². The number of piperazine rings is 1.